The van der Waals surface area contributed by atoms with Crippen molar-refractivity contribution in [1.82, 2.24) is 5.32 Å². The molecule has 7 nitrogen and oxygen atoms in total. The molecule has 1 aromatic heterocycles. The molecule has 0 aliphatic heterocycles. The fourth-order valence-corrected chi connectivity index (χ4v) is 1.84. The van der Waals surface area contributed by atoms with E-state index in [1.165, 1.54) is 19.3 Å². The molecule has 2 rings (SSSR count). The number of esters is 1. The Morgan fingerprint density at radius 2 is 1.92 bits per heavy atom. The Labute approximate surface area is 142 Å². The van der Waals surface area contributed by atoms with Gasteiger partial charge >= 0.3 is 5.97 Å². The Balaban J connectivity index is 1.77. The number of hydrogen-bond donors (Lipinski definition) is 2. The number of anilines is 1. The zero-order valence-corrected chi connectivity index (χ0v) is 13.5. The minimum atomic E-state index is -1.02. The second-order valence-corrected chi connectivity index (χ2v) is 5.22. The molecule has 8 heteroatoms. The summed E-state index contributed by atoms with van der Waals surface area (Å²) in [6.07, 6.45) is 0.324. The van der Waals surface area contributed by atoms with Gasteiger partial charge in [0.15, 0.2) is 11.9 Å². The molecule has 1 aromatic carbocycles. The van der Waals surface area contributed by atoms with E-state index in [9.17, 15) is 14.4 Å². The van der Waals surface area contributed by atoms with Gasteiger partial charge in [-0.1, -0.05) is 11.6 Å². The third-order valence-electron chi connectivity index (χ3n) is 2.93. The SMILES string of the molecule is C[C@@H](OC(=O)CNC(=O)c1ccco1)C(=O)Nc1ccc(Cl)cc1. The van der Waals surface area contributed by atoms with E-state index < -0.39 is 23.9 Å². The second kappa shape index (κ2) is 8.16. The predicted molar refractivity (Wildman–Crippen MR) is 86.7 cm³/mol. The van der Waals surface area contributed by atoms with Crippen LogP contribution in [0, 0.1) is 0 Å². The van der Waals surface area contributed by atoms with Gasteiger partial charge in [-0.3, -0.25) is 14.4 Å². The van der Waals surface area contributed by atoms with Crippen LogP contribution in [-0.4, -0.2) is 30.4 Å². The minimum Gasteiger partial charge on any atom is -0.459 e. The Morgan fingerprint density at radius 3 is 2.54 bits per heavy atom. The van der Waals surface area contributed by atoms with Crippen LogP contribution in [0.3, 0.4) is 0 Å². The number of ether oxygens (including phenoxy) is 1. The van der Waals surface area contributed by atoms with Crippen LogP contribution in [0.25, 0.3) is 0 Å². The van der Waals surface area contributed by atoms with Gasteiger partial charge in [-0.2, -0.15) is 0 Å². The van der Waals surface area contributed by atoms with Crippen molar-refractivity contribution in [3.05, 3.63) is 53.4 Å². The molecule has 0 spiro atoms. The van der Waals surface area contributed by atoms with Crippen LogP contribution in [0.1, 0.15) is 17.5 Å². The molecule has 0 bridgehead atoms. The van der Waals surface area contributed by atoms with Crippen LogP contribution in [-0.2, 0) is 14.3 Å². The number of rotatable bonds is 6. The smallest absolute Gasteiger partial charge is 0.326 e. The van der Waals surface area contributed by atoms with E-state index in [0.29, 0.717) is 10.7 Å². The molecule has 1 heterocycles. The largest absolute Gasteiger partial charge is 0.459 e. The molecule has 0 fully saturated rings. The number of halogens is 1. The standard InChI is InChI=1S/C16H15ClN2O5/c1-10(15(21)19-12-6-4-11(17)5-7-12)24-14(20)9-18-16(22)13-3-2-8-23-13/h2-8,10H,9H2,1H3,(H,18,22)(H,19,21)/t10-/m1/s1. The molecule has 0 unspecified atom stereocenters. The molecule has 0 saturated heterocycles. The zero-order chi connectivity index (χ0) is 17.5. The van der Waals surface area contributed by atoms with Gasteiger partial charge in [-0.25, -0.2) is 0 Å². The van der Waals surface area contributed by atoms with E-state index in [1.54, 1.807) is 30.3 Å². The van der Waals surface area contributed by atoms with Gasteiger partial charge in [0.1, 0.15) is 6.54 Å². The van der Waals surface area contributed by atoms with Crippen molar-refractivity contribution in [1.29, 1.82) is 0 Å². The van der Waals surface area contributed by atoms with E-state index in [0.717, 1.165) is 0 Å². The molecule has 0 aliphatic rings. The first-order chi connectivity index (χ1) is 11.5. The maximum atomic E-state index is 11.9. The van der Waals surface area contributed by atoms with Crippen LogP contribution in [0.5, 0.6) is 0 Å². The molecule has 2 N–H and O–H groups in total. The summed E-state index contributed by atoms with van der Waals surface area (Å²) in [5.41, 5.74) is 0.526. The first-order valence-electron chi connectivity index (χ1n) is 7.03. The van der Waals surface area contributed by atoms with Crippen molar-refractivity contribution < 1.29 is 23.5 Å². The fourth-order valence-electron chi connectivity index (χ4n) is 1.72. The monoisotopic (exact) mass is 350 g/mol. The van der Waals surface area contributed by atoms with Gasteiger partial charge in [0.2, 0.25) is 0 Å². The highest BCUT2D eigenvalue weighted by Crippen LogP contribution is 2.13. The number of hydrogen-bond acceptors (Lipinski definition) is 5. The normalized spacial score (nSPS) is 11.4. The minimum absolute atomic E-state index is 0.0799. The summed E-state index contributed by atoms with van der Waals surface area (Å²) < 4.78 is 9.84. The molecule has 0 aliphatic carbocycles. The maximum absolute atomic E-state index is 11.9. The van der Waals surface area contributed by atoms with Crippen molar-refractivity contribution >= 4 is 35.1 Å². The quantitative estimate of drug-likeness (QED) is 0.778. The van der Waals surface area contributed by atoms with Crippen LogP contribution in [0.15, 0.2) is 47.1 Å². The molecular weight excluding hydrogens is 336 g/mol. The lowest BCUT2D eigenvalue weighted by Gasteiger charge is -2.13. The van der Waals surface area contributed by atoms with Crippen LogP contribution >= 0.6 is 11.6 Å². The maximum Gasteiger partial charge on any atom is 0.326 e. The number of nitrogens with one attached hydrogen (secondary N) is 2. The van der Waals surface area contributed by atoms with Crippen LogP contribution < -0.4 is 10.6 Å². The Kier molecular flexibility index (Phi) is 5.97. The van der Waals surface area contributed by atoms with E-state index >= 15 is 0 Å². The van der Waals surface area contributed by atoms with E-state index in [-0.39, 0.29) is 12.3 Å². The lowest BCUT2D eigenvalue weighted by molar-refractivity contribution is -0.152. The molecule has 1 atom stereocenters. The van der Waals surface area contributed by atoms with E-state index in [4.69, 9.17) is 20.8 Å². The van der Waals surface area contributed by atoms with Gasteiger partial charge in [0, 0.05) is 10.7 Å². The summed E-state index contributed by atoms with van der Waals surface area (Å²) >= 11 is 5.75. The average molecular weight is 351 g/mol. The highest BCUT2D eigenvalue weighted by atomic mass is 35.5. The summed E-state index contributed by atoms with van der Waals surface area (Å²) in [4.78, 5) is 35.2. The molecule has 24 heavy (non-hydrogen) atoms. The number of benzene rings is 1. The van der Waals surface area contributed by atoms with Gasteiger partial charge < -0.3 is 19.8 Å². The summed E-state index contributed by atoms with van der Waals surface area (Å²) in [5.74, 6) is -1.71. The number of carbonyl (C=O) groups excluding carboxylic acids is 3. The predicted octanol–water partition coefficient (Wildman–Crippen LogP) is 2.23. The number of furan rings is 1. The number of amides is 2. The second-order valence-electron chi connectivity index (χ2n) is 4.79. The van der Waals surface area contributed by atoms with Crippen molar-refractivity contribution in [2.45, 2.75) is 13.0 Å². The third-order valence-corrected chi connectivity index (χ3v) is 3.18. The third kappa shape index (κ3) is 5.13. The highest BCUT2D eigenvalue weighted by Gasteiger charge is 2.19. The van der Waals surface area contributed by atoms with Crippen molar-refractivity contribution in [2.75, 3.05) is 11.9 Å². The van der Waals surface area contributed by atoms with Gasteiger partial charge in [-0.15, -0.1) is 0 Å². The lowest BCUT2D eigenvalue weighted by Crippen LogP contribution is -2.35. The molecular formula is C16H15ClN2O5. The molecule has 0 saturated carbocycles. The van der Waals surface area contributed by atoms with Gasteiger partial charge in [0.05, 0.1) is 6.26 Å². The lowest BCUT2D eigenvalue weighted by atomic mass is 10.3. The van der Waals surface area contributed by atoms with Crippen molar-refractivity contribution in [2.24, 2.45) is 0 Å². The zero-order valence-electron chi connectivity index (χ0n) is 12.7. The fraction of sp³-hybridized carbons (Fsp3) is 0.188. The van der Waals surface area contributed by atoms with Crippen molar-refractivity contribution in [3.63, 3.8) is 0 Å². The van der Waals surface area contributed by atoms with Crippen molar-refractivity contribution in [3.8, 4) is 0 Å². The summed E-state index contributed by atoms with van der Waals surface area (Å²) in [6, 6.07) is 9.51. The topological polar surface area (TPSA) is 97.6 Å². The molecule has 2 amide bonds. The Hall–Kier alpha value is -2.80. The van der Waals surface area contributed by atoms with E-state index in [1.807, 2.05) is 0 Å². The number of carbonyl (C=O) groups is 3. The summed E-state index contributed by atoms with van der Waals surface area (Å²) in [5, 5.41) is 5.46. The summed E-state index contributed by atoms with van der Waals surface area (Å²) in [7, 11) is 0. The first-order valence-corrected chi connectivity index (χ1v) is 7.41. The highest BCUT2D eigenvalue weighted by molar-refractivity contribution is 6.30. The van der Waals surface area contributed by atoms with E-state index in [2.05, 4.69) is 10.6 Å². The molecule has 126 valence electrons. The Morgan fingerprint density at radius 1 is 1.21 bits per heavy atom. The average Bonchev–Trinajstić information content (AvgIpc) is 3.09. The Bertz CT molecular complexity index is 713. The first kappa shape index (κ1) is 17.6. The van der Waals surface area contributed by atoms with Crippen LogP contribution in [0.2, 0.25) is 5.02 Å². The van der Waals surface area contributed by atoms with Gasteiger partial charge in [0.25, 0.3) is 11.8 Å². The van der Waals surface area contributed by atoms with Gasteiger partial charge in [-0.05, 0) is 43.3 Å². The van der Waals surface area contributed by atoms with Crippen LogP contribution in [0.4, 0.5) is 5.69 Å². The molecule has 2 aromatic rings. The summed E-state index contributed by atoms with van der Waals surface area (Å²) in [6.45, 7) is 1.05. The molecule has 0 radical (unpaired) electrons.